The molecule has 0 unspecified atom stereocenters. The third-order valence-electron chi connectivity index (χ3n) is 6.57. The number of carbonyl (C=O) groups is 1. The number of benzene rings is 1. The van der Waals surface area contributed by atoms with Crippen molar-refractivity contribution in [1.82, 2.24) is 0 Å². The highest BCUT2D eigenvalue weighted by atomic mass is 16.5. The van der Waals surface area contributed by atoms with Crippen molar-refractivity contribution in [2.24, 2.45) is 5.92 Å². The van der Waals surface area contributed by atoms with E-state index < -0.39 is 17.1 Å². The zero-order chi connectivity index (χ0) is 16.4. The maximum absolute atomic E-state index is 12.6. The van der Waals surface area contributed by atoms with Gasteiger partial charge in [-0.25, -0.2) is 0 Å². The minimum Gasteiger partial charge on any atom is -0.504 e. The topological polar surface area (TPSA) is 66.8 Å². The fourth-order valence-electron chi connectivity index (χ4n) is 5.40. The zero-order valence-electron chi connectivity index (χ0n) is 13.8. The number of Topliss-reactive ketones (excluding diaryl/α,β-unsaturated/α-hetero) is 1. The smallest absolute Gasteiger partial charge is 0.174 e. The molecule has 4 nitrogen and oxygen atoms in total. The summed E-state index contributed by atoms with van der Waals surface area (Å²) in [6.45, 7) is 4.15. The van der Waals surface area contributed by atoms with Gasteiger partial charge in [-0.05, 0) is 43.2 Å². The number of ether oxygens (including phenoxy) is 1. The van der Waals surface area contributed by atoms with Crippen molar-refractivity contribution in [3.05, 3.63) is 23.3 Å². The van der Waals surface area contributed by atoms with Gasteiger partial charge in [-0.15, -0.1) is 0 Å². The minimum absolute atomic E-state index is 0.0569. The largest absolute Gasteiger partial charge is 0.504 e. The van der Waals surface area contributed by atoms with Gasteiger partial charge in [0.25, 0.3) is 0 Å². The first-order chi connectivity index (χ1) is 11.0. The Balaban J connectivity index is 2.04. The Hall–Kier alpha value is -1.55. The summed E-state index contributed by atoms with van der Waals surface area (Å²) in [6.07, 6.45) is 3.66. The second-order valence-corrected chi connectivity index (χ2v) is 7.45. The van der Waals surface area contributed by atoms with Crippen LogP contribution in [0.1, 0.15) is 57.1 Å². The van der Waals surface area contributed by atoms with Crippen molar-refractivity contribution in [2.75, 3.05) is 0 Å². The molecule has 0 aromatic heterocycles. The summed E-state index contributed by atoms with van der Waals surface area (Å²) >= 11 is 0. The first-order valence-corrected chi connectivity index (χ1v) is 8.72. The molecule has 1 aromatic carbocycles. The van der Waals surface area contributed by atoms with Crippen LogP contribution in [-0.4, -0.2) is 27.7 Å². The van der Waals surface area contributed by atoms with Gasteiger partial charge in [0.2, 0.25) is 0 Å². The molecule has 4 rings (SSSR count). The Morgan fingerprint density at radius 3 is 2.87 bits per heavy atom. The van der Waals surface area contributed by atoms with E-state index in [4.69, 9.17) is 4.74 Å². The summed E-state index contributed by atoms with van der Waals surface area (Å²) in [7, 11) is 0. The molecule has 0 bridgehead atoms. The predicted molar refractivity (Wildman–Crippen MR) is 85.8 cm³/mol. The number of phenols is 1. The lowest BCUT2D eigenvalue weighted by atomic mass is 9.49. The summed E-state index contributed by atoms with van der Waals surface area (Å²) in [4.78, 5) is 12.6. The van der Waals surface area contributed by atoms with Gasteiger partial charge in [-0.3, -0.25) is 4.79 Å². The molecule has 0 amide bonds. The highest BCUT2D eigenvalue weighted by Gasteiger charge is 2.69. The van der Waals surface area contributed by atoms with Crippen molar-refractivity contribution >= 4 is 5.78 Å². The summed E-state index contributed by atoms with van der Waals surface area (Å²) in [5.41, 5.74) is 0.335. The van der Waals surface area contributed by atoms with Crippen LogP contribution in [0, 0.1) is 5.92 Å². The van der Waals surface area contributed by atoms with Crippen molar-refractivity contribution in [3.63, 3.8) is 0 Å². The number of carbonyl (C=O) groups excluding carboxylic acids is 1. The molecule has 4 heteroatoms. The molecule has 2 fully saturated rings. The normalized spacial score (nSPS) is 38.5. The van der Waals surface area contributed by atoms with Crippen LogP contribution in [0.4, 0.5) is 0 Å². The van der Waals surface area contributed by atoms with Crippen molar-refractivity contribution in [2.45, 2.75) is 69.5 Å². The third kappa shape index (κ3) is 1.63. The number of rotatable bonds is 1. The van der Waals surface area contributed by atoms with Crippen LogP contribution in [0.25, 0.3) is 0 Å². The molecular formula is C19H24O4. The van der Waals surface area contributed by atoms with Crippen LogP contribution in [0.15, 0.2) is 12.1 Å². The Morgan fingerprint density at radius 1 is 1.35 bits per heavy atom. The molecule has 1 heterocycles. The Kier molecular flexibility index (Phi) is 3.08. The van der Waals surface area contributed by atoms with E-state index in [9.17, 15) is 15.0 Å². The van der Waals surface area contributed by atoms with Gasteiger partial charge in [-0.1, -0.05) is 26.3 Å². The van der Waals surface area contributed by atoms with E-state index in [1.807, 2.05) is 6.07 Å². The number of aromatic hydroxyl groups is 1. The number of hydrogen-bond acceptors (Lipinski definition) is 4. The molecule has 4 atom stereocenters. The van der Waals surface area contributed by atoms with Gasteiger partial charge in [0.05, 0.1) is 11.0 Å². The second kappa shape index (κ2) is 4.73. The lowest BCUT2D eigenvalue weighted by Crippen LogP contribution is -2.67. The first-order valence-electron chi connectivity index (χ1n) is 8.72. The summed E-state index contributed by atoms with van der Waals surface area (Å²) in [6, 6.07) is 3.55. The third-order valence-corrected chi connectivity index (χ3v) is 6.57. The molecule has 2 N–H and O–H groups in total. The summed E-state index contributed by atoms with van der Waals surface area (Å²) < 4.78 is 6.01. The first kappa shape index (κ1) is 15.0. The van der Waals surface area contributed by atoms with Crippen LogP contribution in [0.5, 0.6) is 11.5 Å². The highest BCUT2D eigenvalue weighted by Crippen LogP contribution is 2.63. The highest BCUT2D eigenvalue weighted by molar-refractivity contribution is 5.89. The van der Waals surface area contributed by atoms with Gasteiger partial charge in [-0.2, -0.15) is 0 Å². The molecule has 2 aliphatic carbocycles. The Labute approximate surface area is 136 Å². The van der Waals surface area contributed by atoms with E-state index in [1.54, 1.807) is 6.07 Å². The lowest BCUT2D eigenvalue weighted by molar-refractivity contribution is -0.171. The van der Waals surface area contributed by atoms with Crippen LogP contribution in [0.3, 0.4) is 0 Å². The Bertz CT molecular complexity index is 682. The van der Waals surface area contributed by atoms with Crippen molar-refractivity contribution < 1.29 is 19.7 Å². The molecule has 23 heavy (non-hydrogen) atoms. The molecular weight excluding hydrogens is 292 g/mol. The van der Waals surface area contributed by atoms with E-state index in [2.05, 4.69) is 13.8 Å². The SMILES string of the molecule is CCc1ccc(O)c2c1[C@]13CCC[C@H](C)[C@]1(O)CCC(=O)[C@@H]3O2. The second-order valence-electron chi connectivity index (χ2n) is 7.45. The number of hydrogen-bond donors (Lipinski definition) is 2. The maximum atomic E-state index is 12.6. The number of fused-ring (bicyclic) bond motifs is 1. The van der Waals surface area contributed by atoms with E-state index in [0.29, 0.717) is 18.6 Å². The van der Waals surface area contributed by atoms with Crippen molar-refractivity contribution in [3.8, 4) is 11.5 Å². The molecule has 0 radical (unpaired) electrons. The summed E-state index contributed by atoms with van der Waals surface area (Å²) in [5.74, 6) is 0.682. The van der Waals surface area contributed by atoms with E-state index in [1.165, 1.54) is 0 Å². The molecule has 0 saturated heterocycles. The number of aryl methyl sites for hydroxylation is 1. The number of ketones is 1. The average molecular weight is 316 g/mol. The fraction of sp³-hybridized carbons (Fsp3) is 0.632. The molecule has 3 aliphatic rings. The minimum atomic E-state index is -0.938. The Morgan fingerprint density at radius 2 is 2.13 bits per heavy atom. The fourth-order valence-corrected chi connectivity index (χ4v) is 5.40. The van der Waals surface area contributed by atoms with Crippen molar-refractivity contribution in [1.29, 1.82) is 0 Å². The lowest BCUT2D eigenvalue weighted by Gasteiger charge is -2.56. The summed E-state index contributed by atoms with van der Waals surface area (Å²) in [5, 5.41) is 22.0. The predicted octanol–water partition coefficient (Wildman–Crippen LogP) is 2.87. The van der Waals surface area contributed by atoms with Crippen LogP contribution in [-0.2, 0) is 16.6 Å². The van der Waals surface area contributed by atoms with Gasteiger partial charge < -0.3 is 14.9 Å². The van der Waals surface area contributed by atoms with Crippen LogP contribution >= 0.6 is 0 Å². The standard InChI is InChI=1S/C19H24O4/c1-3-12-6-7-13(20)16-15(12)18-9-4-5-11(2)19(18,22)10-8-14(21)17(18)23-16/h6-7,11,17,20,22H,3-5,8-10H2,1-2H3/t11-,17-,18-,19+/m0/s1. The molecule has 1 aliphatic heterocycles. The van der Waals surface area contributed by atoms with Gasteiger partial charge >= 0.3 is 0 Å². The maximum Gasteiger partial charge on any atom is 0.174 e. The van der Waals surface area contributed by atoms with Gasteiger partial charge in [0.1, 0.15) is 0 Å². The van der Waals surface area contributed by atoms with Gasteiger partial charge in [0.15, 0.2) is 23.4 Å². The van der Waals surface area contributed by atoms with E-state index in [0.717, 1.165) is 36.8 Å². The number of aliphatic hydroxyl groups is 1. The number of phenolic OH excluding ortho intramolecular Hbond substituents is 1. The van der Waals surface area contributed by atoms with E-state index >= 15 is 0 Å². The zero-order valence-corrected chi connectivity index (χ0v) is 13.8. The van der Waals surface area contributed by atoms with E-state index in [-0.39, 0.29) is 17.5 Å². The molecule has 2 saturated carbocycles. The monoisotopic (exact) mass is 316 g/mol. The van der Waals surface area contributed by atoms with Crippen LogP contribution < -0.4 is 4.74 Å². The quantitative estimate of drug-likeness (QED) is 0.836. The molecule has 1 spiro atoms. The van der Waals surface area contributed by atoms with Gasteiger partial charge in [0, 0.05) is 12.0 Å². The molecule has 124 valence electrons. The average Bonchev–Trinajstić information content (AvgIpc) is 2.89. The van der Waals surface area contributed by atoms with Crippen LogP contribution in [0.2, 0.25) is 0 Å². The molecule has 1 aromatic rings.